The fraction of sp³-hybridized carbons (Fsp3) is 0.667. The normalized spacial score (nSPS) is 29.5. The van der Waals surface area contributed by atoms with Gasteiger partial charge in [-0.15, -0.1) is 0 Å². The molecule has 1 fully saturated rings. The summed E-state index contributed by atoms with van der Waals surface area (Å²) in [5.74, 6) is -1.00. The van der Waals surface area contributed by atoms with Crippen molar-refractivity contribution in [2.75, 3.05) is 0 Å². The minimum Gasteiger partial charge on any atom is -0.481 e. The van der Waals surface area contributed by atoms with Gasteiger partial charge < -0.3 is 10.4 Å². The molecule has 2 aliphatic rings. The SMILES string of the molecule is O=C(O)C1C=CC(NC(=O)C2CCCC2)C1. The molecule has 2 rings (SSSR count). The van der Waals surface area contributed by atoms with E-state index in [9.17, 15) is 9.59 Å². The molecule has 0 radical (unpaired) electrons. The number of rotatable bonds is 3. The highest BCUT2D eigenvalue weighted by Gasteiger charge is 2.28. The largest absolute Gasteiger partial charge is 0.481 e. The first-order valence-corrected chi connectivity index (χ1v) is 5.88. The van der Waals surface area contributed by atoms with Crippen molar-refractivity contribution in [3.8, 4) is 0 Å². The molecule has 16 heavy (non-hydrogen) atoms. The number of hydrogen-bond donors (Lipinski definition) is 2. The van der Waals surface area contributed by atoms with E-state index in [0.717, 1.165) is 25.7 Å². The Morgan fingerprint density at radius 2 is 1.88 bits per heavy atom. The van der Waals surface area contributed by atoms with Crippen LogP contribution >= 0.6 is 0 Å². The van der Waals surface area contributed by atoms with Gasteiger partial charge in [0, 0.05) is 12.0 Å². The average Bonchev–Trinajstić information content (AvgIpc) is 2.87. The molecule has 1 saturated carbocycles. The lowest BCUT2D eigenvalue weighted by atomic mass is 10.1. The van der Waals surface area contributed by atoms with Gasteiger partial charge in [-0.3, -0.25) is 9.59 Å². The molecule has 2 unspecified atom stereocenters. The second-order valence-corrected chi connectivity index (χ2v) is 4.66. The molecule has 0 saturated heterocycles. The Kier molecular flexibility index (Phi) is 3.27. The third-order valence-electron chi connectivity index (χ3n) is 3.45. The van der Waals surface area contributed by atoms with E-state index in [0.29, 0.717) is 6.42 Å². The van der Waals surface area contributed by atoms with Gasteiger partial charge in [0.25, 0.3) is 0 Å². The first kappa shape index (κ1) is 11.2. The standard InChI is InChI=1S/C12H17NO3/c14-11(8-3-1-2-4-8)13-10-6-5-9(7-10)12(15)16/h5-6,8-10H,1-4,7H2,(H,13,14)(H,15,16). The van der Waals surface area contributed by atoms with Crippen LogP contribution in [0.1, 0.15) is 32.1 Å². The molecule has 88 valence electrons. The second kappa shape index (κ2) is 4.68. The average molecular weight is 223 g/mol. The van der Waals surface area contributed by atoms with Crippen LogP contribution in [0.2, 0.25) is 0 Å². The van der Waals surface area contributed by atoms with Gasteiger partial charge in [0.15, 0.2) is 0 Å². The highest BCUT2D eigenvalue weighted by Crippen LogP contribution is 2.25. The lowest BCUT2D eigenvalue weighted by Gasteiger charge is -2.15. The molecule has 4 heteroatoms. The Labute approximate surface area is 94.7 Å². The number of hydrogen-bond acceptors (Lipinski definition) is 2. The van der Waals surface area contributed by atoms with Gasteiger partial charge in [0.1, 0.15) is 0 Å². The maximum atomic E-state index is 11.8. The van der Waals surface area contributed by atoms with Crippen molar-refractivity contribution in [3.05, 3.63) is 12.2 Å². The van der Waals surface area contributed by atoms with E-state index in [1.165, 1.54) is 0 Å². The van der Waals surface area contributed by atoms with Crippen molar-refractivity contribution in [2.45, 2.75) is 38.1 Å². The van der Waals surface area contributed by atoms with Crippen molar-refractivity contribution in [1.29, 1.82) is 0 Å². The van der Waals surface area contributed by atoms with Crippen LogP contribution in [0.3, 0.4) is 0 Å². The highest BCUT2D eigenvalue weighted by molar-refractivity contribution is 5.80. The Morgan fingerprint density at radius 3 is 2.44 bits per heavy atom. The smallest absolute Gasteiger partial charge is 0.310 e. The van der Waals surface area contributed by atoms with Gasteiger partial charge in [-0.05, 0) is 19.3 Å². The van der Waals surface area contributed by atoms with Gasteiger partial charge in [0.05, 0.1) is 5.92 Å². The lowest BCUT2D eigenvalue weighted by Crippen LogP contribution is -2.36. The molecule has 1 amide bonds. The summed E-state index contributed by atoms with van der Waals surface area (Å²) in [6, 6.07) is -0.0887. The zero-order valence-electron chi connectivity index (χ0n) is 9.19. The summed E-state index contributed by atoms with van der Waals surface area (Å²) in [6.07, 6.45) is 8.18. The molecule has 2 aliphatic carbocycles. The Bertz CT molecular complexity index is 318. The van der Waals surface area contributed by atoms with Crippen LogP contribution < -0.4 is 5.32 Å². The number of carbonyl (C=O) groups excluding carboxylic acids is 1. The molecule has 0 aliphatic heterocycles. The molecule has 2 atom stereocenters. The van der Waals surface area contributed by atoms with Crippen molar-refractivity contribution in [1.82, 2.24) is 5.32 Å². The molecule has 0 aromatic carbocycles. The molecule has 0 aromatic rings. The molecule has 0 bridgehead atoms. The molecule has 0 heterocycles. The van der Waals surface area contributed by atoms with Crippen LogP contribution in [0, 0.1) is 11.8 Å². The molecule has 0 aromatic heterocycles. The van der Waals surface area contributed by atoms with Crippen molar-refractivity contribution >= 4 is 11.9 Å². The van der Waals surface area contributed by atoms with Gasteiger partial charge in [-0.1, -0.05) is 25.0 Å². The van der Waals surface area contributed by atoms with Crippen molar-refractivity contribution < 1.29 is 14.7 Å². The van der Waals surface area contributed by atoms with Crippen LogP contribution in [-0.2, 0) is 9.59 Å². The van der Waals surface area contributed by atoms with Gasteiger partial charge in [-0.25, -0.2) is 0 Å². The predicted molar refractivity (Wildman–Crippen MR) is 58.8 cm³/mol. The number of carboxylic acids is 1. The first-order valence-electron chi connectivity index (χ1n) is 5.88. The fourth-order valence-corrected chi connectivity index (χ4v) is 2.48. The van der Waals surface area contributed by atoms with Crippen LogP contribution in [0.4, 0.5) is 0 Å². The summed E-state index contributed by atoms with van der Waals surface area (Å²) in [7, 11) is 0. The minimum atomic E-state index is -0.811. The Hall–Kier alpha value is -1.32. The third-order valence-corrected chi connectivity index (χ3v) is 3.45. The number of amides is 1. The summed E-state index contributed by atoms with van der Waals surface area (Å²) in [5.41, 5.74) is 0. The van der Waals surface area contributed by atoms with Crippen LogP contribution in [0.25, 0.3) is 0 Å². The zero-order chi connectivity index (χ0) is 11.5. The molecule has 4 nitrogen and oxygen atoms in total. The first-order chi connectivity index (χ1) is 7.66. The maximum Gasteiger partial charge on any atom is 0.310 e. The summed E-state index contributed by atoms with van der Waals surface area (Å²) in [6.45, 7) is 0. The molecular formula is C12H17NO3. The van der Waals surface area contributed by atoms with Gasteiger partial charge in [-0.2, -0.15) is 0 Å². The van der Waals surface area contributed by atoms with E-state index in [4.69, 9.17) is 5.11 Å². The van der Waals surface area contributed by atoms with E-state index in [-0.39, 0.29) is 17.9 Å². The monoisotopic (exact) mass is 223 g/mol. The van der Waals surface area contributed by atoms with Crippen LogP contribution in [0.5, 0.6) is 0 Å². The van der Waals surface area contributed by atoms with E-state index in [1.807, 2.05) is 0 Å². The molecule has 0 spiro atoms. The summed E-state index contributed by atoms with van der Waals surface area (Å²) in [5, 5.41) is 11.7. The molecular weight excluding hydrogens is 206 g/mol. The topological polar surface area (TPSA) is 66.4 Å². The van der Waals surface area contributed by atoms with Crippen molar-refractivity contribution in [2.24, 2.45) is 11.8 Å². The van der Waals surface area contributed by atoms with E-state index < -0.39 is 11.9 Å². The van der Waals surface area contributed by atoms with E-state index in [2.05, 4.69) is 5.32 Å². The fourth-order valence-electron chi connectivity index (χ4n) is 2.48. The Morgan fingerprint density at radius 1 is 1.19 bits per heavy atom. The van der Waals surface area contributed by atoms with E-state index in [1.54, 1.807) is 12.2 Å². The zero-order valence-corrected chi connectivity index (χ0v) is 9.19. The van der Waals surface area contributed by atoms with Crippen LogP contribution in [-0.4, -0.2) is 23.0 Å². The third kappa shape index (κ3) is 2.43. The summed E-state index contributed by atoms with van der Waals surface area (Å²) >= 11 is 0. The molecule has 2 N–H and O–H groups in total. The quantitative estimate of drug-likeness (QED) is 0.709. The summed E-state index contributed by atoms with van der Waals surface area (Å²) < 4.78 is 0. The van der Waals surface area contributed by atoms with Crippen molar-refractivity contribution in [3.63, 3.8) is 0 Å². The number of nitrogens with one attached hydrogen (secondary N) is 1. The minimum absolute atomic E-state index is 0.0887. The van der Waals surface area contributed by atoms with E-state index >= 15 is 0 Å². The van der Waals surface area contributed by atoms with Gasteiger partial charge in [0.2, 0.25) is 5.91 Å². The van der Waals surface area contributed by atoms with Crippen LogP contribution in [0.15, 0.2) is 12.2 Å². The highest BCUT2D eigenvalue weighted by atomic mass is 16.4. The predicted octanol–water partition coefficient (Wildman–Crippen LogP) is 1.32. The summed E-state index contributed by atoms with van der Waals surface area (Å²) in [4.78, 5) is 22.5. The van der Waals surface area contributed by atoms with Gasteiger partial charge >= 0.3 is 5.97 Å². The Balaban J connectivity index is 1.81. The maximum absolute atomic E-state index is 11.8. The number of carboxylic acid groups (broad SMARTS) is 1. The number of carbonyl (C=O) groups is 2. The lowest BCUT2D eigenvalue weighted by molar-refractivity contribution is -0.140. The second-order valence-electron chi connectivity index (χ2n) is 4.66. The number of aliphatic carboxylic acids is 1.